The molecule has 0 saturated carbocycles. The number of pyridine rings is 1. The van der Waals surface area contributed by atoms with Gasteiger partial charge in [0.25, 0.3) is 0 Å². The third-order valence-electron chi connectivity index (χ3n) is 2.14. The van der Waals surface area contributed by atoms with Crippen molar-refractivity contribution >= 4 is 17.6 Å². The number of aromatic nitrogens is 1. The molecule has 0 fully saturated rings. The molecule has 0 saturated heterocycles. The summed E-state index contributed by atoms with van der Waals surface area (Å²) < 4.78 is 9.61. The van der Waals surface area contributed by atoms with E-state index < -0.39 is 11.3 Å². The molecule has 6 heteroatoms. The van der Waals surface area contributed by atoms with Gasteiger partial charge in [0.15, 0.2) is 0 Å². The Labute approximate surface area is 105 Å². The van der Waals surface area contributed by atoms with Gasteiger partial charge in [0.2, 0.25) is 5.88 Å². The number of ether oxygens (including phenoxy) is 2. The van der Waals surface area contributed by atoms with E-state index in [4.69, 9.17) is 16.3 Å². The lowest BCUT2D eigenvalue weighted by Crippen LogP contribution is -2.29. The lowest BCUT2D eigenvalue weighted by molar-refractivity contribution is -0.140. The number of nitrogens with zero attached hydrogens (tertiary/aromatic N) is 1. The van der Waals surface area contributed by atoms with Gasteiger partial charge in [0.05, 0.1) is 14.2 Å². The average molecular weight is 259 g/mol. The van der Waals surface area contributed by atoms with Crippen molar-refractivity contribution in [3.8, 4) is 5.88 Å². The molecule has 1 heterocycles. The van der Waals surface area contributed by atoms with Crippen LogP contribution in [0, 0.1) is 0 Å². The van der Waals surface area contributed by atoms with Crippen LogP contribution in [0.5, 0.6) is 5.88 Å². The van der Waals surface area contributed by atoms with Crippen LogP contribution in [0.4, 0.5) is 0 Å². The van der Waals surface area contributed by atoms with Gasteiger partial charge in [0, 0.05) is 24.8 Å². The lowest BCUT2D eigenvalue weighted by atomic mass is 10.2. The first-order chi connectivity index (χ1) is 8.19. The lowest BCUT2D eigenvalue weighted by Gasteiger charge is -2.10. The minimum absolute atomic E-state index is 0.326. The number of nitrogens with one attached hydrogen (secondary N) is 1. The van der Waals surface area contributed by atoms with Crippen LogP contribution in [0.25, 0.3) is 0 Å². The monoisotopic (exact) mass is 258 g/mol. The van der Waals surface area contributed by atoms with Gasteiger partial charge in [-0.1, -0.05) is 6.07 Å². The molecule has 1 atom stereocenters. The minimum Gasteiger partial charge on any atom is -0.481 e. The van der Waals surface area contributed by atoms with Crippen molar-refractivity contribution < 1.29 is 14.3 Å². The Hall–Kier alpha value is -1.33. The summed E-state index contributed by atoms with van der Waals surface area (Å²) >= 11 is 5.79. The van der Waals surface area contributed by atoms with Gasteiger partial charge in [-0.15, -0.1) is 11.6 Å². The number of halogens is 1. The Balaban J connectivity index is 2.43. The maximum absolute atomic E-state index is 11.0. The Bertz CT molecular complexity index is 373. The van der Waals surface area contributed by atoms with Crippen LogP contribution in [-0.4, -0.2) is 37.1 Å². The quantitative estimate of drug-likeness (QED) is 0.608. The maximum Gasteiger partial charge on any atom is 0.325 e. The first-order valence-electron chi connectivity index (χ1n) is 5.09. The predicted molar refractivity (Wildman–Crippen MR) is 64.2 cm³/mol. The van der Waals surface area contributed by atoms with Gasteiger partial charge in [-0.2, -0.15) is 0 Å². The average Bonchev–Trinajstić information content (AvgIpc) is 2.38. The molecular weight excluding hydrogens is 244 g/mol. The molecule has 0 aliphatic carbocycles. The molecule has 0 aliphatic heterocycles. The van der Waals surface area contributed by atoms with Gasteiger partial charge in [-0.3, -0.25) is 4.79 Å². The van der Waals surface area contributed by atoms with E-state index in [1.165, 1.54) is 7.11 Å². The summed E-state index contributed by atoms with van der Waals surface area (Å²) in [5, 5.41) is 2.35. The SMILES string of the molecule is COC(=O)C(Cl)CNCc1cccnc1OC. The van der Waals surface area contributed by atoms with Crippen molar-refractivity contribution in [3.05, 3.63) is 23.9 Å². The second-order valence-electron chi connectivity index (χ2n) is 3.29. The molecule has 0 amide bonds. The molecule has 0 radical (unpaired) electrons. The summed E-state index contributed by atoms with van der Waals surface area (Å²) in [5.74, 6) is 0.113. The van der Waals surface area contributed by atoms with Crippen LogP contribution >= 0.6 is 11.6 Å². The third kappa shape index (κ3) is 4.20. The number of hydrogen-bond donors (Lipinski definition) is 1. The molecule has 1 unspecified atom stereocenters. The maximum atomic E-state index is 11.0. The zero-order valence-electron chi connectivity index (χ0n) is 9.77. The van der Waals surface area contributed by atoms with Gasteiger partial charge in [0.1, 0.15) is 5.38 Å². The van der Waals surface area contributed by atoms with Gasteiger partial charge >= 0.3 is 5.97 Å². The predicted octanol–water partition coefficient (Wildman–Crippen LogP) is 0.960. The van der Waals surface area contributed by atoms with E-state index >= 15 is 0 Å². The molecule has 0 bridgehead atoms. The van der Waals surface area contributed by atoms with Crippen LogP contribution in [0.3, 0.4) is 0 Å². The van der Waals surface area contributed by atoms with E-state index in [2.05, 4.69) is 15.0 Å². The highest BCUT2D eigenvalue weighted by atomic mass is 35.5. The summed E-state index contributed by atoms with van der Waals surface area (Å²) in [6, 6.07) is 3.71. The fourth-order valence-electron chi connectivity index (χ4n) is 1.29. The van der Waals surface area contributed by atoms with Crippen molar-refractivity contribution in [2.24, 2.45) is 0 Å². The van der Waals surface area contributed by atoms with Gasteiger partial charge in [-0.05, 0) is 6.07 Å². The zero-order chi connectivity index (χ0) is 12.7. The van der Waals surface area contributed by atoms with Crippen molar-refractivity contribution in [1.29, 1.82) is 0 Å². The largest absolute Gasteiger partial charge is 0.481 e. The molecule has 1 aromatic heterocycles. The van der Waals surface area contributed by atoms with Crippen LogP contribution < -0.4 is 10.1 Å². The number of alkyl halides is 1. The fourth-order valence-corrected chi connectivity index (χ4v) is 1.49. The van der Waals surface area contributed by atoms with Crippen molar-refractivity contribution in [2.75, 3.05) is 20.8 Å². The number of rotatable bonds is 6. The topological polar surface area (TPSA) is 60.5 Å². The van der Waals surface area contributed by atoms with Crippen LogP contribution in [0.2, 0.25) is 0 Å². The summed E-state index contributed by atoms with van der Waals surface area (Å²) in [7, 11) is 2.87. The smallest absolute Gasteiger partial charge is 0.325 e. The molecule has 1 rings (SSSR count). The fraction of sp³-hybridized carbons (Fsp3) is 0.455. The second kappa shape index (κ2) is 7.09. The number of methoxy groups -OCH3 is 2. The Kier molecular flexibility index (Phi) is 5.72. The first-order valence-corrected chi connectivity index (χ1v) is 5.53. The number of carbonyl (C=O) groups is 1. The highest BCUT2D eigenvalue weighted by molar-refractivity contribution is 6.30. The standard InChI is InChI=1S/C11H15ClN2O3/c1-16-10-8(4-3-5-14-10)6-13-7-9(12)11(15)17-2/h3-5,9,13H,6-7H2,1-2H3. The summed E-state index contributed by atoms with van der Waals surface area (Å²) in [5.41, 5.74) is 0.906. The van der Waals surface area contributed by atoms with E-state index in [1.807, 2.05) is 12.1 Å². The highest BCUT2D eigenvalue weighted by Gasteiger charge is 2.15. The molecular formula is C11H15ClN2O3. The molecule has 0 aromatic carbocycles. The first kappa shape index (κ1) is 13.7. The number of esters is 1. The Morgan fingerprint density at radius 3 is 3.00 bits per heavy atom. The molecule has 94 valence electrons. The van der Waals surface area contributed by atoms with E-state index in [1.54, 1.807) is 13.3 Å². The molecule has 1 aromatic rings. The summed E-state index contributed by atoms with van der Waals surface area (Å²) in [4.78, 5) is 15.1. The Morgan fingerprint density at radius 2 is 2.35 bits per heavy atom. The number of hydrogen-bond acceptors (Lipinski definition) is 5. The van der Waals surface area contributed by atoms with E-state index in [0.717, 1.165) is 5.56 Å². The van der Waals surface area contributed by atoms with Crippen LogP contribution in [0.1, 0.15) is 5.56 Å². The van der Waals surface area contributed by atoms with E-state index in [9.17, 15) is 4.79 Å². The van der Waals surface area contributed by atoms with Crippen molar-refractivity contribution in [3.63, 3.8) is 0 Å². The summed E-state index contributed by atoms with van der Waals surface area (Å²) in [6.45, 7) is 0.851. The van der Waals surface area contributed by atoms with Gasteiger partial charge < -0.3 is 14.8 Å². The summed E-state index contributed by atoms with van der Waals surface area (Å²) in [6.07, 6.45) is 1.65. The highest BCUT2D eigenvalue weighted by Crippen LogP contribution is 2.12. The van der Waals surface area contributed by atoms with E-state index in [-0.39, 0.29) is 0 Å². The van der Waals surface area contributed by atoms with Crippen molar-refractivity contribution in [1.82, 2.24) is 10.3 Å². The van der Waals surface area contributed by atoms with Gasteiger partial charge in [-0.25, -0.2) is 4.98 Å². The molecule has 1 N–H and O–H groups in total. The third-order valence-corrected chi connectivity index (χ3v) is 2.47. The zero-order valence-corrected chi connectivity index (χ0v) is 10.5. The molecule has 0 spiro atoms. The molecule has 5 nitrogen and oxygen atoms in total. The van der Waals surface area contributed by atoms with E-state index in [0.29, 0.717) is 19.0 Å². The van der Waals surface area contributed by atoms with Crippen LogP contribution in [-0.2, 0) is 16.1 Å². The van der Waals surface area contributed by atoms with Crippen LogP contribution in [0.15, 0.2) is 18.3 Å². The minimum atomic E-state index is -0.692. The van der Waals surface area contributed by atoms with Crippen molar-refractivity contribution in [2.45, 2.75) is 11.9 Å². The second-order valence-corrected chi connectivity index (χ2v) is 3.82. The molecule has 0 aliphatic rings. The molecule has 17 heavy (non-hydrogen) atoms. The normalized spacial score (nSPS) is 11.9. The Morgan fingerprint density at radius 1 is 1.59 bits per heavy atom. The number of carbonyl (C=O) groups excluding carboxylic acids is 1.